The lowest BCUT2D eigenvalue weighted by atomic mass is 10.1. The molecule has 0 atom stereocenters. The number of nitrogens with one attached hydrogen (secondary N) is 2. The van der Waals surface area contributed by atoms with Gasteiger partial charge in [-0.15, -0.1) is 0 Å². The highest BCUT2D eigenvalue weighted by molar-refractivity contribution is 6.05. The van der Waals surface area contributed by atoms with Gasteiger partial charge < -0.3 is 10.6 Å². The second kappa shape index (κ2) is 7.45. The summed E-state index contributed by atoms with van der Waals surface area (Å²) in [7, 11) is 3.76. The van der Waals surface area contributed by atoms with E-state index in [0.29, 0.717) is 5.57 Å². The van der Waals surface area contributed by atoms with E-state index in [1.165, 1.54) is 0 Å². The maximum Gasteiger partial charge on any atom is 0.255 e. The molecule has 1 aromatic carbocycles. The molecule has 0 saturated carbocycles. The number of anilines is 2. The van der Waals surface area contributed by atoms with Gasteiger partial charge in [0.05, 0.1) is 5.69 Å². The van der Waals surface area contributed by atoms with E-state index in [4.69, 9.17) is 0 Å². The predicted molar refractivity (Wildman–Crippen MR) is 95.4 cm³/mol. The quantitative estimate of drug-likeness (QED) is 0.655. The molecule has 0 saturated heterocycles. The van der Waals surface area contributed by atoms with Crippen molar-refractivity contribution < 1.29 is 4.79 Å². The summed E-state index contributed by atoms with van der Waals surface area (Å²) >= 11 is 0. The van der Waals surface area contributed by atoms with Gasteiger partial charge in [0.1, 0.15) is 5.82 Å². The van der Waals surface area contributed by atoms with Gasteiger partial charge in [0.2, 0.25) is 0 Å². The van der Waals surface area contributed by atoms with E-state index in [-0.39, 0.29) is 5.91 Å². The molecule has 0 spiro atoms. The number of aryl methyl sites for hydroxylation is 1. The lowest BCUT2D eigenvalue weighted by molar-refractivity contribution is -0.112. The number of benzene rings is 1. The van der Waals surface area contributed by atoms with E-state index in [2.05, 4.69) is 15.7 Å². The summed E-state index contributed by atoms with van der Waals surface area (Å²) in [5.41, 5.74) is 3.28. The minimum absolute atomic E-state index is 0.117. The van der Waals surface area contributed by atoms with E-state index < -0.39 is 0 Å². The molecule has 0 aliphatic heterocycles. The first-order valence-corrected chi connectivity index (χ1v) is 7.51. The Balaban J connectivity index is 2.14. The lowest BCUT2D eigenvalue weighted by Crippen LogP contribution is -2.13. The zero-order valence-electron chi connectivity index (χ0n) is 13.9. The van der Waals surface area contributed by atoms with Gasteiger partial charge in [0.15, 0.2) is 0 Å². The van der Waals surface area contributed by atoms with Crippen LogP contribution in [-0.2, 0) is 11.8 Å². The fourth-order valence-corrected chi connectivity index (χ4v) is 2.25. The van der Waals surface area contributed by atoms with Crippen LogP contribution in [0.2, 0.25) is 0 Å². The van der Waals surface area contributed by atoms with Gasteiger partial charge in [0, 0.05) is 37.0 Å². The minimum Gasteiger partial charge on any atom is -0.373 e. The van der Waals surface area contributed by atoms with E-state index in [1.807, 2.05) is 64.4 Å². The van der Waals surface area contributed by atoms with Crippen LogP contribution in [0.4, 0.5) is 11.5 Å². The summed E-state index contributed by atoms with van der Waals surface area (Å²) in [4.78, 5) is 12.1. The Morgan fingerprint density at radius 1 is 1.22 bits per heavy atom. The summed E-state index contributed by atoms with van der Waals surface area (Å²) in [5.74, 6) is 0.829. The Morgan fingerprint density at radius 3 is 2.43 bits per heavy atom. The van der Waals surface area contributed by atoms with Crippen LogP contribution in [0.25, 0.3) is 11.3 Å². The molecule has 0 aliphatic rings. The van der Waals surface area contributed by atoms with Crippen LogP contribution in [-0.4, -0.2) is 22.7 Å². The zero-order valence-corrected chi connectivity index (χ0v) is 13.9. The van der Waals surface area contributed by atoms with Gasteiger partial charge in [-0.3, -0.25) is 9.48 Å². The molecule has 0 bridgehead atoms. The standard InChI is InChI=1S/C18H22N4O/c1-5-7-13(6-2)18(23)20-15-10-8-14(9-11-15)16-12-17(19-3)22(4)21-16/h5-12,19H,1-4H3,(H,20,23)/b7-5-,13-6+. The molecule has 5 nitrogen and oxygen atoms in total. The van der Waals surface area contributed by atoms with Crippen molar-refractivity contribution in [1.82, 2.24) is 9.78 Å². The third-order valence-corrected chi connectivity index (χ3v) is 3.49. The first-order valence-electron chi connectivity index (χ1n) is 7.51. The first-order chi connectivity index (χ1) is 11.1. The molecule has 1 aromatic heterocycles. The monoisotopic (exact) mass is 310 g/mol. The van der Waals surface area contributed by atoms with Crippen molar-refractivity contribution >= 4 is 17.4 Å². The summed E-state index contributed by atoms with van der Waals surface area (Å²) in [6, 6.07) is 9.64. The number of nitrogens with zero attached hydrogens (tertiary/aromatic N) is 2. The highest BCUT2D eigenvalue weighted by Gasteiger charge is 2.08. The van der Waals surface area contributed by atoms with Crippen LogP contribution in [0.15, 0.2) is 54.1 Å². The second-order valence-electron chi connectivity index (χ2n) is 5.06. The van der Waals surface area contributed by atoms with E-state index in [0.717, 1.165) is 22.8 Å². The Kier molecular flexibility index (Phi) is 5.36. The van der Waals surface area contributed by atoms with Crippen LogP contribution < -0.4 is 10.6 Å². The first kappa shape index (κ1) is 16.5. The summed E-state index contributed by atoms with van der Waals surface area (Å²) in [5, 5.41) is 10.4. The van der Waals surface area contributed by atoms with Crippen molar-refractivity contribution in [3.63, 3.8) is 0 Å². The van der Waals surface area contributed by atoms with Crippen molar-refractivity contribution in [1.29, 1.82) is 0 Å². The topological polar surface area (TPSA) is 59.0 Å². The number of rotatable bonds is 5. The Morgan fingerprint density at radius 2 is 1.91 bits per heavy atom. The van der Waals surface area contributed by atoms with Crippen LogP contribution in [0.1, 0.15) is 13.8 Å². The van der Waals surface area contributed by atoms with Crippen LogP contribution >= 0.6 is 0 Å². The maximum absolute atomic E-state index is 12.1. The Labute approximate surface area is 136 Å². The van der Waals surface area contributed by atoms with Crippen LogP contribution in [0.3, 0.4) is 0 Å². The molecule has 120 valence electrons. The number of carbonyl (C=O) groups excluding carboxylic acids is 1. The number of hydrogen-bond donors (Lipinski definition) is 2. The SMILES string of the molecule is C/C=C\C(=C/C)C(=O)Nc1ccc(-c2cc(NC)n(C)n2)cc1. The second-order valence-corrected chi connectivity index (χ2v) is 5.06. The van der Waals surface area contributed by atoms with Gasteiger partial charge in [-0.2, -0.15) is 5.10 Å². The fraction of sp³-hybridized carbons (Fsp3) is 0.222. The van der Waals surface area contributed by atoms with Gasteiger partial charge >= 0.3 is 0 Å². The molecule has 2 N–H and O–H groups in total. The van der Waals surface area contributed by atoms with Gasteiger partial charge in [-0.05, 0) is 26.0 Å². The maximum atomic E-state index is 12.1. The number of hydrogen-bond acceptors (Lipinski definition) is 3. The molecular formula is C18H22N4O. The van der Waals surface area contributed by atoms with Crippen molar-refractivity contribution in [3.05, 3.63) is 54.1 Å². The molecule has 2 aromatic rings. The summed E-state index contributed by atoms with van der Waals surface area (Å²) in [6.45, 7) is 3.73. The molecule has 0 aliphatic carbocycles. The largest absolute Gasteiger partial charge is 0.373 e. The van der Waals surface area contributed by atoms with Crippen LogP contribution in [0, 0.1) is 0 Å². The molecule has 0 radical (unpaired) electrons. The highest BCUT2D eigenvalue weighted by atomic mass is 16.1. The number of aromatic nitrogens is 2. The summed E-state index contributed by atoms with van der Waals surface area (Å²) in [6.07, 6.45) is 5.42. The number of allylic oxidation sites excluding steroid dienone is 2. The predicted octanol–water partition coefficient (Wildman–Crippen LogP) is 3.59. The molecule has 1 heterocycles. The number of amides is 1. The third-order valence-electron chi connectivity index (χ3n) is 3.49. The van der Waals surface area contributed by atoms with E-state index in [1.54, 1.807) is 16.8 Å². The van der Waals surface area contributed by atoms with Gasteiger partial charge in [-0.1, -0.05) is 30.4 Å². The molecule has 1 amide bonds. The van der Waals surface area contributed by atoms with Crippen molar-refractivity contribution in [2.75, 3.05) is 17.7 Å². The molecule has 0 fully saturated rings. The Hall–Kier alpha value is -2.82. The Bertz CT molecular complexity index is 739. The molecule has 23 heavy (non-hydrogen) atoms. The van der Waals surface area contributed by atoms with Gasteiger partial charge in [-0.25, -0.2) is 0 Å². The van der Waals surface area contributed by atoms with Crippen molar-refractivity contribution in [2.45, 2.75) is 13.8 Å². The van der Waals surface area contributed by atoms with Crippen LogP contribution in [0.5, 0.6) is 0 Å². The zero-order chi connectivity index (χ0) is 16.8. The molecular weight excluding hydrogens is 288 g/mol. The average Bonchev–Trinajstić information content (AvgIpc) is 2.94. The highest BCUT2D eigenvalue weighted by Crippen LogP contribution is 2.23. The van der Waals surface area contributed by atoms with Crippen molar-refractivity contribution in [2.24, 2.45) is 7.05 Å². The van der Waals surface area contributed by atoms with E-state index in [9.17, 15) is 4.79 Å². The normalized spacial score (nSPS) is 11.7. The molecule has 0 unspecified atom stereocenters. The smallest absolute Gasteiger partial charge is 0.255 e. The average molecular weight is 310 g/mol. The summed E-state index contributed by atoms with van der Waals surface area (Å²) < 4.78 is 1.79. The van der Waals surface area contributed by atoms with Crippen molar-refractivity contribution in [3.8, 4) is 11.3 Å². The number of carbonyl (C=O) groups is 1. The molecule has 2 rings (SSSR count). The fourth-order valence-electron chi connectivity index (χ4n) is 2.25. The van der Waals surface area contributed by atoms with Gasteiger partial charge in [0.25, 0.3) is 5.91 Å². The third kappa shape index (κ3) is 3.88. The minimum atomic E-state index is -0.117. The molecule has 5 heteroatoms. The lowest BCUT2D eigenvalue weighted by Gasteiger charge is -2.06. The van der Waals surface area contributed by atoms with E-state index >= 15 is 0 Å².